The topological polar surface area (TPSA) is 47.0 Å². The molecule has 118 valence electrons. The zero-order valence-corrected chi connectivity index (χ0v) is 12.2. The van der Waals surface area contributed by atoms with Gasteiger partial charge >= 0.3 is 6.36 Å². The Morgan fingerprint density at radius 1 is 0.913 bits per heavy atom. The van der Waals surface area contributed by atoms with E-state index in [2.05, 4.69) is 20.0 Å². The first-order valence-electron chi connectivity index (χ1n) is 6.46. The summed E-state index contributed by atoms with van der Waals surface area (Å²) in [5.74, 6) is 0.00796. The van der Waals surface area contributed by atoms with Crippen LogP contribution in [0.1, 0.15) is 0 Å². The Balaban J connectivity index is 1.83. The van der Waals surface area contributed by atoms with Crippen LogP contribution < -0.4 is 10.1 Å². The highest BCUT2D eigenvalue weighted by atomic mass is 35.5. The number of hydrogen-bond acceptors (Lipinski definition) is 4. The molecule has 0 aliphatic heterocycles. The maximum atomic E-state index is 12.1. The Morgan fingerprint density at radius 2 is 1.52 bits per heavy atom. The minimum Gasteiger partial charge on any atom is -0.406 e. The van der Waals surface area contributed by atoms with Crippen molar-refractivity contribution in [1.29, 1.82) is 0 Å². The third-order valence-electron chi connectivity index (χ3n) is 2.88. The van der Waals surface area contributed by atoms with Gasteiger partial charge in [0, 0.05) is 5.69 Å². The minimum absolute atomic E-state index is 0.166. The molecule has 23 heavy (non-hydrogen) atoms. The number of hydrogen-bond donors (Lipinski definition) is 1. The summed E-state index contributed by atoms with van der Waals surface area (Å²) in [4.78, 5) is 8.54. The van der Waals surface area contributed by atoms with Crippen LogP contribution in [-0.4, -0.2) is 16.3 Å². The Labute approximate surface area is 133 Å². The molecular weight excluding hydrogens is 331 g/mol. The molecule has 0 aliphatic carbocycles. The van der Waals surface area contributed by atoms with E-state index in [9.17, 15) is 13.2 Å². The van der Waals surface area contributed by atoms with Crippen LogP contribution in [0.2, 0.25) is 5.15 Å². The monoisotopic (exact) mass is 339 g/mol. The number of para-hydroxylation sites is 2. The standard InChI is InChI=1S/C15H9ClF3N3O/c16-13-14(22-12-4-2-1-3-11(12)21-13)20-9-5-7-10(8-6-9)23-15(17,18)19/h1-8H,(H,20,22). The van der Waals surface area contributed by atoms with Gasteiger partial charge in [-0.1, -0.05) is 23.7 Å². The Kier molecular flexibility index (Phi) is 3.96. The zero-order chi connectivity index (χ0) is 16.4. The molecule has 0 saturated carbocycles. The number of halogens is 4. The van der Waals surface area contributed by atoms with E-state index >= 15 is 0 Å². The van der Waals surface area contributed by atoms with E-state index in [1.807, 2.05) is 12.1 Å². The molecule has 0 bridgehead atoms. The van der Waals surface area contributed by atoms with Gasteiger partial charge in [0.15, 0.2) is 11.0 Å². The van der Waals surface area contributed by atoms with Crippen LogP contribution in [0, 0.1) is 0 Å². The maximum absolute atomic E-state index is 12.1. The number of rotatable bonds is 3. The molecule has 0 atom stereocenters. The quantitative estimate of drug-likeness (QED) is 0.735. The van der Waals surface area contributed by atoms with Gasteiger partial charge in [-0.25, -0.2) is 9.97 Å². The Hall–Kier alpha value is -2.54. The SMILES string of the molecule is FC(F)(F)Oc1ccc(Nc2nc3ccccc3nc2Cl)cc1. The Bertz CT molecular complexity index is 837. The molecule has 0 saturated heterocycles. The van der Waals surface area contributed by atoms with E-state index in [1.54, 1.807) is 12.1 Å². The van der Waals surface area contributed by atoms with Crippen LogP contribution in [0.25, 0.3) is 11.0 Å². The second kappa shape index (κ2) is 5.92. The van der Waals surface area contributed by atoms with Crippen molar-refractivity contribution < 1.29 is 17.9 Å². The molecular formula is C15H9ClF3N3O. The average molecular weight is 340 g/mol. The van der Waals surface area contributed by atoms with Gasteiger partial charge < -0.3 is 10.1 Å². The van der Waals surface area contributed by atoms with Crippen LogP contribution in [0.15, 0.2) is 48.5 Å². The number of alkyl halides is 3. The van der Waals surface area contributed by atoms with E-state index < -0.39 is 6.36 Å². The number of benzene rings is 2. The summed E-state index contributed by atoms with van der Waals surface area (Å²) >= 11 is 6.06. The van der Waals surface area contributed by atoms with Crippen LogP contribution in [-0.2, 0) is 0 Å². The summed E-state index contributed by atoms with van der Waals surface area (Å²) in [6.45, 7) is 0. The first-order chi connectivity index (χ1) is 10.9. The van der Waals surface area contributed by atoms with Crippen molar-refractivity contribution in [3.63, 3.8) is 0 Å². The fourth-order valence-corrected chi connectivity index (χ4v) is 2.12. The zero-order valence-electron chi connectivity index (χ0n) is 11.4. The number of anilines is 2. The molecule has 0 spiro atoms. The number of fused-ring (bicyclic) bond motifs is 1. The molecule has 1 heterocycles. The van der Waals surface area contributed by atoms with Gasteiger partial charge in [0.1, 0.15) is 5.75 Å². The molecule has 0 fully saturated rings. The van der Waals surface area contributed by atoms with Gasteiger partial charge in [-0.15, -0.1) is 13.2 Å². The van der Waals surface area contributed by atoms with Crippen LogP contribution in [0.5, 0.6) is 5.75 Å². The van der Waals surface area contributed by atoms with E-state index in [4.69, 9.17) is 11.6 Å². The molecule has 3 aromatic rings. The van der Waals surface area contributed by atoms with Crippen LogP contribution in [0.4, 0.5) is 24.7 Å². The van der Waals surface area contributed by atoms with Gasteiger partial charge in [-0.2, -0.15) is 0 Å². The summed E-state index contributed by atoms with van der Waals surface area (Å²) < 4.78 is 40.2. The van der Waals surface area contributed by atoms with E-state index in [1.165, 1.54) is 24.3 Å². The maximum Gasteiger partial charge on any atom is 0.573 e. The number of aromatic nitrogens is 2. The summed E-state index contributed by atoms with van der Waals surface area (Å²) in [6, 6.07) is 12.4. The molecule has 0 aliphatic rings. The molecule has 3 rings (SSSR count). The predicted molar refractivity (Wildman–Crippen MR) is 81.0 cm³/mol. The van der Waals surface area contributed by atoms with Crippen molar-refractivity contribution in [2.45, 2.75) is 6.36 Å². The van der Waals surface area contributed by atoms with Gasteiger partial charge in [0.25, 0.3) is 0 Å². The van der Waals surface area contributed by atoms with E-state index in [0.29, 0.717) is 22.5 Å². The summed E-state index contributed by atoms with van der Waals surface area (Å²) in [7, 11) is 0. The van der Waals surface area contributed by atoms with Gasteiger partial charge in [-0.3, -0.25) is 0 Å². The lowest BCUT2D eigenvalue weighted by atomic mass is 10.3. The molecule has 2 aromatic carbocycles. The second-order valence-electron chi connectivity index (χ2n) is 4.55. The van der Waals surface area contributed by atoms with Gasteiger partial charge in [-0.05, 0) is 36.4 Å². The average Bonchev–Trinajstić information content (AvgIpc) is 2.48. The fraction of sp³-hybridized carbons (Fsp3) is 0.0667. The predicted octanol–water partition coefficient (Wildman–Crippen LogP) is 4.93. The third-order valence-corrected chi connectivity index (χ3v) is 3.14. The van der Waals surface area contributed by atoms with Crippen LogP contribution in [0.3, 0.4) is 0 Å². The molecule has 0 unspecified atom stereocenters. The van der Waals surface area contributed by atoms with Crippen molar-refractivity contribution in [2.24, 2.45) is 0 Å². The number of nitrogens with zero attached hydrogens (tertiary/aromatic N) is 2. The molecule has 4 nitrogen and oxygen atoms in total. The van der Waals surface area contributed by atoms with Crippen molar-refractivity contribution in [3.05, 3.63) is 53.7 Å². The largest absolute Gasteiger partial charge is 0.573 e. The smallest absolute Gasteiger partial charge is 0.406 e. The molecule has 1 aromatic heterocycles. The molecule has 0 radical (unpaired) electrons. The highest BCUT2D eigenvalue weighted by molar-refractivity contribution is 6.32. The second-order valence-corrected chi connectivity index (χ2v) is 4.91. The molecule has 8 heteroatoms. The first kappa shape index (κ1) is 15.4. The van der Waals surface area contributed by atoms with Gasteiger partial charge in [0.05, 0.1) is 11.0 Å². The minimum atomic E-state index is -4.72. The summed E-state index contributed by atoms with van der Waals surface area (Å²) in [6.07, 6.45) is -4.72. The number of nitrogens with one attached hydrogen (secondary N) is 1. The normalized spacial score (nSPS) is 11.5. The van der Waals surface area contributed by atoms with Gasteiger partial charge in [0.2, 0.25) is 0 Å². The molecule has 0 amide bonds. The third kappa shape index (κ3) is 3.81. The van der Waals surface area contributed by atoms with Crippen molar-refractivity contribution in [3.8, 4) is 5.75 Å². The van der Waals surface area contributed by atoms with Crippen molar-refractivity contribution >= 4 is 34.1 Å². The Morgan fingerprint density at radius 3 is 2.13 bits per heavy atom. The van der Waals surface area contributed by atoms with Crippen LogP contribution >= 0.6 is 11.6 Å². The summed E-state index contributed by atoms with van der Waals surface area (Å²) in [5, 5.41) is 3.08. The highest BCUT2D eigenvalue weighted by Crippen LogP contribution is 2.27. The number of ether oxygens (including phenoxy) is 1. The van der Waals surface area contributed by atoms with Crippen molar-refractivity contribution in [2.75, 3.05) is 5.32 Å². The lowest BCUT2D eigenvalue weighted by Crippen LogP contribution is -2.16. The molecule has 1 N–H and O–H groups in total. The lowest BCUT2D eigenvalue weighted by Gasteiger charge is -2.11. The summed E-state index contributed by atoms with van der Waals surface area (Å²) in [5.41, 5.74) is 1.81. The first-order valence-corrected chi connectivity index (χ1v) is 6.84. The van der Waals surface area contributed by atoms with Crippen molar-refractivity contribution in [1.82, 2.24) is 9.97 Å². The fourth-order valence-electron chi connectivity index (χ4n) is 1.93. The lowest BCUT2D eigenvalue weighted by molar-refractivity contribution is -0.274. The highest BCUT2D eigenvalue weighted by Gasteiger charge is 2.30. The van der Waals surface area contributed by atoms with E-state index in [-0.39, 0.29) is 10.9 Å². The van der Waals surface area contributed by atoms with E-state index in [0.717, 1.165) is 0 Å².